The van der Waals surface area contributed by atoms with Crippen LogP contribution in [0.4, 0.5) is 5.69 Å². The highest BCUT2D eigenvalue weighted by atomic mass is 35.5. The number of carbonyl (C=O) groups is 1. The van der Waals surface area contributed by atoms with Crippen molar-refractivity contribution in [2.45, 2.75) is 114 Å². The molecule has 2 N–H and O–H groups in total. The number of pyridine rings is 1. The van der Waals surface area contributed by atoms with Gasteiger partial charge in [0.05, 0.1) is 6.61 Å². The molecule has 50 heavy (non-hydrogen) atoms. The maximum Gasteiger partial charge on any atom is 0.329 e. The average molecular weight is 700 g/mol. The van der Waals surface area contributed by atoms with E-state index in [-0.39, 0.29) is 5.41 Å². The first-order valence-corrected chi connectivity index (χ1v) is 19.4. The van der Waals surface area contributed by atoms with E-state index in [4.69, 9.17) is 21.1 Å². The fraction of sp³-hybridized carbons (Fsp3) is 0.571. The highest BCUT2D eigenvalue weighted by molar-refractivity contribution is 6.30. The number of hydrogen-bond acceptors (Lipinski definition) is 6. The van der Waals surface area contributed by atoms with Gasteiger partial charge in [0.15, 0.2) is 0 Å². The first-order valence-electron chi connectivity index (χ1n) is 19.0. The molecule has 1 spiro atoms. The molecule has 7 rings (SSSR count). The number of likely N-dealkylation sites (tertiary alicyclic amines) is 1. The number of anilines is 1. The third-order valence-corrected chi connectivity index (χ3v) is 12.9. The van der Waals surface area contributed by atoms with Gasteiger partial charge in [-0.2, -0.15) is 0 Å². The summed E-state index contributed by atoms with van der Waals surface area (Å²) in [5.41, 5.74) is 4.83. The molecule has 1 aromatic heterocycles. The largest absolute Gasteiger partial charge is 0.493 e. The molecule has 1 unspecified atom stereocenters. The van der Waals surface area contributed by atoms with Crippen LogP contribution in [-0.2, 0) is 23.1 Å². The minimum absolute atomic E-state index is 0.121. The van der Waals surface area contributed by atoms with Crippen molar-refractivity contribution in [1.82, 2.24) is 9.88 Å². The van der Waals surface area contributed by atoms with Gasteiger partial charge in [-0.3, -0.25) is 4.98 Å². The molecule has 4 atom stereocenters. The zero-order chi connectivity index (χ0) is 34.9. The van der Waals surface area contributed by atoms with E-state index in [2.05, 4.69) is 54.3 Å². The Morgan fingerprint density at radius 3 is 2.70 bits per heavy atom. The Hall–Kier alpha value is -3.29. The summed E-state index contributed by atoms with van der Waals surface area (Å²) in [5.74, 6) is 2.33. The van der Waals surface area contributed by atoms with Crippen molar-refractivity contribution in [3.8, 4) is 11.5 Å². The van der Waals surface area contributed by atoms with Gasteiger partial charge in [-0.1, -0.05) is 44.0 Å². The number of likely N-dealkylation sites (N-methyl/N-ethyl adjacent to an activating group) is 1. The fourth-order valence-corrected chi connectivity index (χ4v) is 9.90. The Kier molecular flexibility index (Phi) is 10.4. The molecule has 8 heteroatoms. The summed E-state index contributed by atoms with van der Waals surface area (Å²) < 4.78 is 13.1. The number of carboxylic acids is 1. The lowest BCUT2D eigenvalue weighted by Crippen LogP contribution is -2.53. The molecule has 2 heterocycles. The summed E-state index contributed by atoms with van der Waals surface area (Å²) in [5, 5.41) is 14.7. The van der Waals surface area contributed by atoms with Crippen LogP contribution in [0.3, 0.4) is 0 Å². The normalized spacial score (nSPS) is 28.4. The molecule has 3 aromatic rings. The minimum atomic E-state index is -1.05. The first kappa shape index (κ1) is 35.1. The quantitative estimate of drug-likeness (QED) is 0.207. The Bertz CT molecular complexity index is 1670. The van der Waals surface area contributed by atoms with Gasteiger partial charge >= 0.3 is 5.97 Å². The predicted octanol–water partition coefficient (Wildman–Crippen LogP) is 9.06. The van der Waals surface area contributed by atoms with Gasteiger partial charge in [0.2, 0.25) is 0 Å². The lowest BCUT2D eigenvalue weighted by Gasteiger charge is -2.47. The van der Waals surface area contributed by atoms with Crippen LogP contribution < -0.4 is 14.8 Å². The number of piperidine rings is 1. The lowest BCUT2D eigenvalue weighted by molar-refractivity contribution is -0.144. The number of halogens is 1. The van der Waals surface area contributed by atoms with Gasteiger partial charge in [0, 0.05) is 34.2 Å². The summed E-state index contributed by atoms with van der Waals surface area (Å²) in [6.07, 6.45) is 13.7. The molecule has 2 fully saturated rings. The zero-order valence-electron chi connectivity index (χ0n) is 30.1. The number of ether oxygens (including phenoxy) is 2. The number of aryl methyl sites for hydroxylation is 1. The topological polar surface area (TPSA) is 83.9 Å². The third-order valence-electron chi connectivity index (χ3n) is 12.6. The third kappa shape index (κ3) is 7.10. The monoisotopic (exact) mass is 699 g/mol. The van der Waals surface area contributed by atoms with E-state index in [1.54, 1.807) is 0 Å². The van der Waals surface area contributed by atoms with E-state index < -0.39 is 11.5 Å². The second kappa shape index (κ2) is 14.7. The van der Waals surface area contributed by atoms with Gasteiger partial charge in [-0.15, -0.1) is 0 Å². The van der Waals surface area contributed by atoms with E-state index in [1.807, 2.05) is 36.5 Å². The van der Waals surface area contributed by atoms with Crippen LogP contribution >= 0.6 is 11.6 Å². The molecule has 2 aromatic carbocycles. The number of benzene rings is 2. The number of rotatable bonds is 11. The number of fused-ring (bicyclic) bond motifs is 3. The molecule has 1 aliphatic heterocycles. The molecule has 1 saturated heterocycles. The highest BCUT2D eigenvalue weighted by Crippen LogP contribution is 2.57. The van der Waals surface area contributed by atoms with Crippen molar-refractivity contribution in [3.05, 3.63) is 82.1 Å². The van der Waals surface area contributed by atoms with E-state index in [1.165, 1.54) is 54.5 Å². The van der Waals surface area contributed by atoms with Gasteiger partial charge in [0.1, 0.15) is 23.6 Å². The number of nitrogens with zero attached hydrogens (tertiary/aromatic N) is 2. The van der Waals surface area contributed by atoms with E-state index in [0.717, 1.165) is 55.8 Å². The summed E-state index contributed by atoms with van der Waals surface area (Å²) in [4.78, 5) is 20.1. The Morgan fingerprint density at radius 1 is 1.08 bits per heavy atom. The second-order valence-corrected chi connectivity index (χ2v) is 16.4. The Balaban J connectivity index is 1.12. The SMILES string of the molecule is C[C@@H](COc1ccnc2c1[C@H](C)CCC2)CC1Cc2ccc(OC[C@@H]3CCCCN3C)cc2C12CCC(Nc1cccc(Cl)c1)(C(=O)O)CC2. The average Bonchev–Trinajstić information content (AvgIpc) is 3.39. The first-order chi connectivity index (χ1) is 24.2. The van der Waals surface area contributed by atoms with Crippen molar-refractivity contribution in [3.63, 3.8) is 0 Å². The van der Waals surface area contributed by atoms with E-state index >= 15 is 0 Å². The predicted molar refractivity (Wildman–Crippen MR) is 200 cm³/mol. The molecular weight excluding hydrogens is 646 g/mol. The molecule has 268 valence electrons. The summed E-state index contributed by atoms with van der Waals surface area (Å²) >= 11 is 6.30. The number of aromatic nitrogens is 1. The van der Waals surface area contributed by atoms with Crippen LogP contribution in [0, 0.1) is 11.8 Å². The van der Waals surface area contributed by atoms with E-state index in [0.29, 0.717) is 54.9 Å². The summed E-state index contributed by atoms with van der Waals surface area (Å²) in [6.45, 7) is 7.09. The molecule has 1 saturated carbocycles. The molecular formula is C42H54ClN3O4. The standard InChI is InChI=1S/C42H54ClN3O4/c1-28(26-50-38-15-20-44-37-12-6-8-29(2)39(37)38)22-31-23-30-13-14-35(49-27-34-11-4-5-21-46(34)3)25-36(30)41(31)16-18-42(19-17-41,40(47)48)45-33-10-7-9-32(43)24-33/h7,9-10,13-15,20,24-25,28-29,31,34,45H,4-6,8,11-12,16-19,21-23,26-27H2,1-3H3,(H,47,48)/t28-,29-,31?,34+,41?,42?/m1/s1. The van der Waals surface area contributed by atoms with Crippen molar-refractivity contribution >= 4 is 23.3 Å². The van der Waals surface area contributed by atoms with Crippen LogP contribution in [0.2, 0.25) is 5.02 Å². The van der Waals surface area contributed by atoms with E-state index in [9.17, 15) is 9.90 Å². The zero-order valence-corrected chi connectivity index (χ0v) is 30.8. The molecule has 0 amide bonds. The molecule has 4 aliphatic rings. The van der Waals surface area contributed by atoms with Gasteiger partial charge in [0.25, 0.3) is 0 Å². The smallest absolute Gasteiger partial charge is 0.329 e. The maximum absolute atomic E-state index is 13.0. The van der Waals surface area contributed by atoms with Crippen LogP contribution in [0.1, 0.15) is 106 Å². The highest BCUT2D eigenvalue weighted by Gasteiger charge is 2.54. The maximum atomic E-state index is 13.0. The van der Waals surface area contributed by atoms with Crippen molar-refractivity contribution < 1.29 is 19.4 Å². The minimum Gasteiger partial charge on any atom is -0.493 e. The molecule has 3 aliphatic carbocycles. The van der Waals surface area contributed by atoms with Crippen molar-refractivity contribution in [1.29, 1.82) is 0 Å². The summed E-state index contributed by atoms with van der Waals surface area (Å²) in [6, 6.07) is 16.6. The van der Waals surface area contributed by atoms with Crippen LogP contribution in [0.25, 0.3) is 0 Å². The number of nitrogens with one attached hydrogen (secondary N) is 1. The van der Waals surface area contributed by atoms with Crippen LogP contribution in [-0.4, -0.2) is 59.3 Å². The molecule has 0 radical (unpaired) electrons. The lowest BCUT2D eigenvalue weighted by atomic mass is 9.59. The Morgan fingerprint density at radius 2 is 1.92 bits per heavy atom. The Labute approximate surface area is 303 Å². The van der Waals surface area contributed by atoms with Crippen molar-refractivity contribution in [2.24, 2.45) is 11.8 Å². The van der Waals surface area contributed by atoms with Crippen molar-refractivity contribution in [2.75, 3.05) is 32.1 Å². The second-order valence-electron chi connectivity index (χ2n) is 16.0. The van der Waals surface area contributed by atoms with Crippen LogP contribution in [0.5, 0.6) is 11.5 Å². The molecule has 0 bridgehead atoms. The number of carboxylic acid groups (broad SMARTS) is 1. The van der Waals surface area contributed by atoms with Gasteiger partial charge in [-0.05, 0) is 155 Å². The van der Waals surface area contributed by atoms with Gasteiger partial charge in [-0.25, -0.2) is 4.79 Å². The molecule has 7 nitrogen and oxygen atoms in total. The summed E-state index contributed by atoms with van der Waals surface area (Å²) in [7, 11) is 2.21. The fourth-order valence-electron chi connectivity index (χ4n) is 9.71. The van der Waals surface area contributed by atoms with Crippen LogP contribution in [0.15, 0.2) is 54.7 Å². The number of hydrogen-bond donors (Lipinski definition) is 2. The van der Waals surface area contributed by atoms with Gasteiger partial charge < -0.3 is 24.8 Å². The number of aliphatic carboxylic acids is 1.